The minimum absolute atomic E-state index is 0.0310. The molecule has 0 aliphatic carbocycles. The van der Waals surface area contributed by atoms with E-state index in [2.05, 4.69) is 6.07 Å². The van der Waals surface area contributed by atoms with Crippen molar-refractivity contribution in [2.75, 3.05) is 0 Å². The fraction of sp³-hybridized carbons (Fsp3) is 0. The minimum Gasteiger partial charge on any atom is -0.366 e. The lowest BCUT2D eigenvalue weighted by atomic mass is 10.0. The largest absolute Gasteiger partial charge is 0.366 e. The first kappa shape index (κ1) is 12.5. The number of rotatable bonds is 2. The predicted molar refractivity (Wildman–Crippen MR) is 64.2 cm³/mol. The molecule has 0 unspecified atom stereocenters. The summed E-state index contributed by atoms with van der Waals surface area (Å²) in [5.41, 5.74) is 5.21. The van der Waals surface area contributed by atoms with Crippen molar-refractivity contribution < 1.29 is 13.6 Å². The zero-order valence-electron chi connectivity index (χ0n) is 9.01. The SMILES string of the molecule is NC(=O)c1[c]ccc(-c2cccc(F)c2F)c1Cl. The van der Waals surface area contributed by atoms with Crippen molar-refractivity contribution in [3.63, 3.8) is 0 Å². The third kappa shape index (κ3) is 2.07. The maximum Gasteiger partial charge on any atom is 0.250 e. The van der Waals surface area contributed by atoms with Gasteiger partial charge in [0.1, 0.15) is 0 Å². The van der Waals surface area contributed by atoms with Crippen LogP contribution in [0, 0.1) is 17.7 Å². The molecule has 0 bridgehead atoms. The molecule has 1 radical (unpaired) electrons. The number of benzene rings is 2. The molecule has 0 atom stereocenters. The Bertz CT molecular complexity index is 628. The number of carbonyl (C=O) groups excluding carboxylic acids is 1. The van der Waals surface area contributed by atoms with Gasteiger partial charge in [0.15, 0.2) is 11.6 Å². The second kappa shape index (κ2) is 4.74. The fourth-order valence-electron chi connectivity index (χ4n) is 1.58. The van der Waals surface area contributed by atoms with Crippen LogP contribution in [0.3, 0.4) is 0 Å². The number of primary amides is 1. The van der Waals surface area contributed by atoms with Crippen LogP contribution in [-0.4, -0.2) is 5.91 Å². The van der Waals surface area contributed by atoms with Gasteiger partial charge >= 0.3 is 0 Å². The van der Waals surface area contributed by atoms with Gasteiger partial charge in [-0.15, -0.1) is 0 Å². The Morgan fingerprint density at radius 1 is 1.22 bits per heavy atom. The number of hydrogen-bond acceptors (Lipinski definition) is 1. The van der Waals surface area contributed by atoms with Gasteiger partial charge in [-0.1, -0.05) is 35.9 Å². The van der Waals surface area contributed by atoms with Gasteiger partial charge in [0.05, 0.1) is 10.6 Å². The summed E-state index contributed by atoms with van der Waals surface area (Å²) in [6.45, 7) is 0. The molecule has 2 nitrogen and oxygen atoms in total. The van der Waals surface area contributed by atoms with Gasteiger partial charge in [0, 0.05) is 11.1 Å². The van der Waals surface area contributed by atoms with Crippen LogP contribution >= 0.6 is 11.6 Å². The number of amides is 1. The molecular weight excluding hydrogens is 260 g/mol. The molecule has 0 saturated carbocycles. The number of hydrogen-bond donors (Lipinski definition) is 1. The number of halogens is 3. The van der Waals surface area contributed by atoms with Crippen LogP contribution in [0.15, 0.2) is 30.3 Å². The third-order valence-electron chi connectivity index (χ3n) is 2.42. The molecule has 0 saturated heterocycles. The first-order chi connectivity index (χ1) is 8.52. The molecule has 18 heavy (non-hydrogen) atoms. The van der Waals surface area contributed by atoms with E-state index in [1.54, 1.807) is 0 Å². The maximum atomic E-state index is 13.6. The average Bonchev–Trinajstić information content (AvgIpc) is 2.33. The predicted octanol–water partition coefficient (Wildman–Crippen LogP) is 3.18. The van der Waals surface area contributed by atoms with Crippen LogP contribution in [-0.2, 0) is 0 Å². The normalized spacial score (nSPS) is 10.4. The topological polar surface area (TPSA) is 43.1 Å². The van der Waals surface area contributed by atoms with Crippen LogP contribution in [0.1, 0.15) is 10.4 Å². The Morgan fingerprint density at radius 3 is 2.61 bits per heavy atom. The second-order valence-electron chi connectivity index (χ2n) is 3.55. The Kier molecular flexibility index (Phi) is 3.30. The summed E-state index contributed by atoms with van der Waals surface area (Å²) >= 11 is 5.94. The molecule has 2 aromatic carbocycles. The molecule has 2 aromatic rings. The Morgan fingerprint density at radius 2 is 1.94 bits per heavy atom. The van der Waals surface area contributed by atoms with Crippen molar-refractivity contribution in [3.05, 3.63) is 58.6 Å². The summed E-state index contributed by atoms with van der Waals surface area (Å²) < 4.78 is 26.8. The highest BCUT2D eigenvalue weighted by Gasteiger charge is 2.16. The smallest absolute Gasteiger partial charge is 0.250 e. The van der Waals surface area contributed by atoms with Gasteiger partial charge in [0.2, 0.25) is 0 Å². The van der Waals surface area contributed by atoms with Crippen molar-refractivity contribution in [1.29, 1.82) is 0 Å². The summed E-state index contributed by atoms with van der Waals surface area (Å²) in [5, 5.41) is -0.0468. The lowest BCUT2D eigenvalue weighted by Gasteiger charge is -2.08. The number of nitrogens with two attached hydrogens (primary N) is 1. The first-order valence-corrected chi connectivity index (χ1v) is 5.34. The summed E-state index contributed by atoms with van der Waals surface area (Å²) in [6, 6.07) is 9.09. The lowest BCUT2D eigenvalue weighted by molar-refractivity contribution is 0.1000. The van der Waals surface area contributed by atoms with Crippen molar-refractivity contribution in [3.8, 4) is 11.1 Å². The number of carbonyl (C=O) groups is 1. The quantitative estimate of drug-likeness (QED) is 0.891. The van der Waals surface area contributed by atoms with E-state index in [0.29, 0.717) is 0 Å². The summed E-state index contributed by atoms with van der Waals surface area (Å²) in [7, 11) is 0. The standard InChI is InChI=1S/C13H7ClF2NO/c14-11-7(3-1-5-9(11)13(17)18)8-4-2-6-10(15)12(8)16/h1-4,6H,(H2,17,18). The van der Waals surface area contributed by atoms with E-state index >= 15 is 0 Å². The van der Waals surface area contributed by atoms with E-state index < -0.39 is 17.5 Å². The van der Waals surface area contributed by atoms with E-state index in [1.807, 2.05) is 0 Å². The molecule has 0 heterocycles. The van der Waals surface area contributed by atoms with Crippen molar-refractivity contribution in [1.82, 2.24) is 0 Å². The molecule has 2 rings (SSSR count). The van der Waals surface area contributed by atoms with Gasteiger partial charge in [-0.3, -0.25) is 4.79 Å². The van der Waals surface area contributed by atoms with Crippen LogP contribution in [0.4, 0.5) is 8.78 Å². The third-order valence-corrected chi connectivity index (χ3v) is 2.81. The van der Waals surface area contributed by atoms with Crippen molar-refractivity contribution in [2.24, 2.45) is 5.73 Å². The van der Waals surface area contributed by atoms with Gasteiger partial charge in [-0.2, -0.15) is 0 Å². The lowest BCUT2D eigenvalue weighted by Crippen LogP contribution is -2.12. The Hall–Kier alpha value is -1.94. The van der Waals surface area contributed by atoms with Gasteiger partial charge in [-0.25, -0.2) is 8.78 Å². The Labute approximate surface area is 107 Å². The molecule has 0 aromatic heterocycles. The first-order valence-electron chi connectivity index (χ1n) is 4.96. The van der Waals surface area contributed by atoms with Gasteiger partial charge in [-0.05, 0) is 12.1 Å². The van der Waals surface area contributed by atoms with Gasteiger partial charge < -0.3 is 5.73 Å². The summed E-state index contributed by atoms with van der Waals surface area (Å²) in [4.78, 5) is 11.1. The van der Waals surface area contributed by atoms with Crippen LogP contribution in [0.25, 0.3) is 11.1 Å². The highest BCUT2D eigenvalue weighted by atomic mass is 35.5. The van der Waals surface area contributed by atoms with Crippen LogP contribution in [0.5, 0.6) is 0 Å². The zero-order valence-corrected chi connectivity index (χ0v) is 9.76. The average molecular weight is 267 g/mol. The molecule has 5 heteroatoms. The van der Waals surface area contributed by atoms with E-state index in [9.17, 15) is 13.6 Å². The molecule has 0 fully saturated rings. The van der Waals surface area contributed by atoms with E-state index in [-0.39, 0.29) is 21.7 Å². The molecule has 2 N–H and O–H groups in total. The van der Waals surface area contributed by atoms with E-state index in [0.717, 1.165) is 6.07 Å². The highest BCUT2D eigenvalue weighted by Crippen LogP contribution is 2.32. The summed E-state index contributed by atoms with van der Waals surface area (Å²) in [5.74, 6) is -2.79. The van der Waals surface area contributed by atoms with Crippen LogP contribution in [0.2, 0.25) is 5.02 Å². The van der Waals surface area contributed by atoms with Gasteiger partial charge in [0.25, 0.3) is 5.91 Å². The molecule has 0 spiro atoms. The second-order valence-corrected chi connectivity index (χ2v) is 3.92. The highest BCUT2D eigenvalue weighted by molar-refractivity contribution is 6.36. The monoisotopic (exact) mass is 266 g/mol. The van der Waals surface area contributed by atoms with E-state index in [4.69, 9.17) is 17.3 Å². The fourth-order valence-corrected chi connectivity index (χ4v) is 1.89. The van der Waals surface area contributed by atoms with Crippen LogP contribution < -0.4 is 5.73 Å². The summed E-state index contributed by atoms with van der Waals surface area (Å²) in [6.07, 6.45) is 0. The molecule has 0 aliphatic rings. The van der Waals surface area contributed by atoms with Crippen molar-refractivity contribution in [2.45, 2.75) is 0 Å². The molecule has 1 amide bonds. The Balaban J connectivity index is 2.69. The van der Waals surface area contributed by atoms with E-state index in [1.165, 1.54) is 24.3 Å². The van der Waals surface area contributed by atoms with Crippen molar-refractivity contribution >= 4 is 17.5 Å². The molecular formula is C13H7ClF2NO. The zero-order chi connectivity index (χ0) is 13.3. The molecule has 91 valence electrons. The maximum absolute atomic E-state index is 13.6. The minimum atomic E-state index is -1.03. The molecule has 0 aliphatic heterocycles.